The zero-order valence-corrected chi connectivity index (χ0v) is 10.3. The van der Waals surface area contributed by atoms with Crippen molar-refractivity contribution in [2.24, 2.45) is 0 Å². The highest BCUT2D eigenvalue weighted by atomic mass is 79.9. The van der Waals surface area contributed by atoms with Crippen molar-refractivity contribution >= 4 is 33.0 Å². The van der Waals surface area contributed by atoms with Crippen molar-refractivity contribution in [3.8, 4) is 5.75 Å². The van der Waals surface area contributed by atoms with Gasteiger partial charge in [0.05, 0.1) is 0 Å². The molecule has 2 aromatic rings. The topological polar surface area (TPSA) is 35.2 Å². The van der Waals surface area contributed by atoms with Crippen LogP contribution in [0.5, 0.6) is 5.75 Å². The van der Waals surface area contributed by atoms with Crippen LogP contribution >= 0.6 is 27.3 Å². The van der Waals surface area contributed by atoms with Crippen molar-refractivity contribution in [2.45, 2.75) is 6.61 Å². The fourth-order valence-corrected chi connectivity index (χ4v) is 2.51. The van der Waals surface area contributed by atoms with Crippen LogP contribution < -0.4 is 10.5 Å². The Kier molecular flexibility index (Phi) is 3.28. The number of nitrogens with two attached hydrogens (primary N) is 1. The fraction of sp³-hybridized carbons (Fsp3) is 0.0909. The number of benzene rings is 1. The van der Waals surface area contributed by atoms with Gasteiger partial charge < -0.3 is 10.5 Å². The molecule has 0 unspecified atom stereocenters. The summed E-state index contributed by atoms with van der Waals surface area (Å²) in [6.07, 6.45) is 0. The maximum Gasteiger partial charge on any atom is 0.122 e. The Bertz CT molecular complexity index is 438. The summed E-state index contributed by atoms with van der Waals surface area (Å²) in [6, 6.07) is 9.47. The Balaban J connectivity index is 1.96. The molecule has 2 N–H and O–H groups in total. The number of thiophene rings is 1. The number of ether oxygens (including phenoxy) is 1. The molecule has 1 heterocycles. The highest BCUT2D eigenvalue weighted by Crippen LogP contribution is 2.22. The van der Waals surface area contributed by atoms with E-state index in [9.17, 15) is 0 Å². The Morgan fingerprint density at radius 2 is 2.00 bits per heavy atom. The van der Waals surface area contributed by atoms with Gasteiger partial charge in [-0.3, -0.25) is 0 Å². The largest absolute Gasteiger partial charge is 0.488 e. The minimum atomic E-state index is 0.597. The lowest BCUT2D eigenvalue weighted by Crippen LogP contribution is -1.93. The minimum Gasteiger partial charge on any atom is -0.488 e. The molecule has 2 nitrogen and oxygen atoms in total. The summed E-state index contributed by atoms with van der Waals surface area (Å²) in [4.78, 5) is 1.19. The molecule has 0 bridgehead atoms. The third kappa shape index (κ3) is 2.97. The van der Waals surface area contributed by atoms with E-state index in [2.05, 4.69) is 22.0 Å². The number of rotatable bonds is 3. The molecular formula is C11H10BrNOS. The highest BCUT2D eigenvalue weighted by molar-refractivity contribution is 9.10. The second-order valence-corrected chi connectivity index (χ2v) is 5.00. The Morgan fingerprint density at radius 3 is 2.60 bits per heavy atom. The van der Waals surface area contributed by atoms with E-state index in [1.807, 2.05) is 29.6 Å². The minimum absolute atomic E-state index is 0.597. The lowest BCUT2D eigenvalue weighted by molar-refractivity contribution is 0.310. The molecule has 1 aromatic heterocycles. The van der Waals surface area contributed by atoms with Gasteiger partial charge in [0.2, 0.25) is 0 Å². The van der Waals surface area contributed by atoms with Crippen molar-refractivity contribution < 1.29 is 4.74 Å². The van der Waals surface area contributed by atoms with Crippen molar-refractivity contribution in [2.75, 3.05) is 5.73 Å². The molecule has 1 aromatic carbocycles. The van der Waals surface area contributed by atoms with Crippen molar-refractivity contribution in [3.05, 3.63) is 45.1 Å². The summed E-state index contributed by atoms with van der Waals surface area (Å²) in [7, 11) is 0. The molecule has 0 spiro atoms. The molecule has 0 saturated carbocycles. The Hall–Kier alpha value is -1.00. The number of hydrogen-bond donors (Lipinski definition) is 1. The highest BCUT2D eigenvalue weighted by Gasteiger charge is 1.98. The second-order valence-electron chi connectivity index (χ2n) is 3.09. The monoisotopic (exact) mass is 283 g/mol. The summed E-state index contributed by atoms with van der Waals surface area (Å²) in [6.45, 7) is 0.597. The third-order valence-electron chi connectivity index (χ3n) is 1.88. The molecule has 0 radical (unpaired) electrons. The van der Waals surface area contributed by atoms with Gasteiger partial charge in [0, 0.05) is 20.4 Å². The van der Waals surface area contributed by atoms with Crippen LogP contribution in [0.1, 0.15) is 4.88 Å². The van der Waals surface area contributed by atoms with Crippen LogP contribution in [0.4, 0.5) is 5.69 Å². The van der Waals surface area contributed by atoms with E-state index in [4.69, 9.17) is 10.5 Å². The van der Waals surface area contributed by atoms with Crippen LogP contribution in [0, 0.1) is 0 Å². The summed E-state index contributed by atoms with van der Waals surface area (Å²) in [5.41, 5.74) is 6.33. The SMILES string of the molecule is Nc1ccc(OCc2cc(Br)cs2)cc1. The van der Waals surface area contributed by atoms with Crippen LogP contribution in [0.15, 0.2) is 40.2 Å². The van der Waals surface area contributed by atoms with E-state index in [0.29, 0.717) is 6.61 Å². The van der Waals surface area contributed by atoms with Crippen LogP contribution in [-0.2, 0) is 6.61 Å². The molecule has 0 aliphatic rings. The molecule has 0 aliphatic heterocycles. The van der Waals surface area contributed by atoms with Crippen LogP contribution in [0.2, 0.25) is 0 Å². The predicted octanol–water partition coefficient (Wildman–Crippen LogP) is 3.67. The standard InChI is InChI=1S/C11H10BrNOS/c12-8-5-11(15-7-8)6-14-10-3-1-9(13)2-4-10/h1-5,7H,6,13H2. The van der Waals surface area contributed by atoms with Gasteiger partial charge in [-0.2, -0.15) is 0 Å². The average Bonchev–Trinajstić information content (AvgIpc) is 2.64. The first kappa shape index (κ1) is 10.5. The van der Waals surface area contributed by atoms with E-state index in [1.165, 1.54) is 4.88 Å². The van der Waals surface area contributed by atoms with Crippen molar-refractivity contribution in [1.82, 2.24) is 0 Å². The van der Waals surface area contributed by atoms with E-state index in [0.717, 1.165) is 15.9 Å². The smallest absolute Gasteiger partial charge is 0.122 e. The second kappa shape index (κ2) is 4.68. The molecule has 4 heteroatoms. The van der Waals surface area contributed by atoms with Gasteiger partial charge >= 0.3 is 0 Å². The summed E-state index contributed by atoms with van der Waals surface area (Å²) in [5, 5.41) is 2.04. The van der Waals surface area contributed by atoms with Gasteiger partial charge in [-0.15, -0.1) is 11.3 Å². The number of nitrogen functional groups attached to an aromatic ring is 1. The Labute approximate surface area is 101 Å². The normalized spacial score (nSPS) is 10.2. The molecule has 15 heavy (non-hydrogen) atoms. The summed E-state index contributed by atoms with van der Waals surface area (Å²) in [5.74, 6) is 0.841. The summed E-state index contributed by atoms with van der Waals surface area (Å²) >= 11 is 5.08. The van der Waals surface area contributed by atoms with Gasteiger partial charge in [0.15, 0.2) is 0 Å². The maximum atomic E-state index is 5.59. The van der Waals surface area contributed by atoms with Gasteiger partial charge in [-0.05, 0) is 46.3 Å². The van der Waals surface area contributed by atoms with E-state index in [1.54, 1.807) is 11.3 Å². The first-order valence-electron chi connectivity index (χ1n) is 4.45. The predicted molar refractivity (Wildman–Crippen MR) is 67.2 cm³/mol. The molecule has 0 atom stereocenters. The number of hydrogen-bond acceptors (Lipinski definition) is 3. The molecule has 0 fully saturated rings. The van der Waals surface area contributed by atoms with E-state index < -0.39 is 0 Å². The van der Waals surface area contributed by atoms with Gasteiger partial charge in [-0.1, -0.05) is 0 Å². The first-order chi connectivity index (χ1) is 7.24. The van der Waals surface area contributed by atoms with Crippen molar-refractivity contribution in [3.63, 3.8) is 0 Å². The Morgan fingerprint density at radius 1 is 1.27 bits per heavy atom. The fourth-order valence-electron chi connectivity index (χ4n) is 1.15. The molecule has 78 valence electrons. The van der Waals surface area contributed by atoms with Crippen molar-refractivity contribution in [1.29, 1.82) is 0 Å². The van der Waals surface area contributed by atoms with Crippen LogP contribution in [0.25, 0.3) is 0 Å². The zero-order chi connectivity index (χ0) is 10.7. The number of halogens is 1. The van der Waals surface area contributed by atoms with Gasteiger partial charge in [0.25, 0.3) is 0 Å². The van der Waals surface area contributed by atoms with Crippen LogP contribution in [0.3, 0.4) is 0 Å². The lowest BCUT2D eigenvalue weighted by atomic mass is 10.3. The lowest BCUT2D eigenvalue weighted by Gasteiger charge is -2.04. The van der Waals surface area contributed by atoms with E-state index >= 15 is 0 Å². The first-order valence-corrected chi connectivity index (χ1v) is 6.12. The zero-order valence-electron chi connectivity index (χ0n) is 7.94. The molecule has 0 aliphatic carbocycles. The number of anilines is 1. The van der Waals surface area contributed by atoms with Gasteiger partial charge in [0.1, 0.15) is 12.4 Å². The maximum absolute atomic E-state index is 5.59. The third-order valence-corrected chi connectivity index (χ3v) is 3.55. The molecule has 0 amide bonds. The van der Waals surface area contributed by atoms with Gasteiger partial charge in [-0.25, -0.2) is 0 Å². The average molecular weight is 284 g/mol. The van der Waals surface area contributed by atoms with E-state index in [-0.39, 0.29) is 0 Å². The summed E-state index contributed by atoms with van der Waals surface area (Å²) < 4.78 is 6.69. The van der Waals surface area contributed by atoms with Crippen LogP contribution in [-0.4, -0.2) is 0 Å². The molecular weight excluding hydrogens is 274 g/mol. The molecule has 2 rings (SSSR count). The molecule has 0 saturated heterocycles. The quantitative estimate of drug-likeness (QED) is 0.873.